The van der Waals surface area contributed by atoms with E-state index in [2.05, 4.69) is 5.32 Å². The van der Waals surface area contributed by atoms with Crippen LogP contribution < -0.4 is 5.32 Å². The molecule has 2 nitrogen and oxygen atoms in total. The van der Waals surface area contributed by atoms with Gasteiger partial charge in [0.2, 0.25) is 0 Å². The predicted molar refractivity (Wildman–Crippen MR) is 43.4 cm³/mol. The van der Waals surface area contributed by atoms with Gasteiger partial charge in [-0.1, -0.05) is 12.8 Å². The van der Waals surface area contributed by atoms with E-state index in [1.165, 1.54) is 19.3 Å². The van der Waals surface area contributed by atoms with Crippen LogP contribution >= 0.6 is 0 Å². The zero-order valence-electron chi connectivity index (χ0n) is 6.81. The van der Waals surface area contributed by atoms with Crippen molar-refractivity contribution in [1.82, 2.24) is 5.32 Å². The Balaban J connectivity index is 2.05. The van der Waals surface area contributed by atoms with Crippen molar-refractivity contribution in [3.63, 3.8) is 0 Å². The molecule has 1 heterocycles. The lowest BCUT2D eigenvalue weighted by molar-refractivity contribution is -0.126. The highest BCUT2D eigenvalue weighted by molar-refractivity contribution is 5.82. The van der Waals surface area contributed by atoms with Crippen LogP contribution in [0.5, 0.6) is 0 Å². The lowest BCUT2D eigenvalue weighted by atomic mass is 9.79. The molecule has 1 saturated carbocycles. The number of nitrogens with one attached hydrogen (secondary N) is 1. The van der Waals surface area contributed by atoms with Crippen LogP contribution in [-0.4, -0.2) is 18.4 Å². The number of carbonyl (C=O) groups excluding carboxylic acids is 1. The van der Waals surface area contributed by atoms with Gasteiger partial charge in [0.15, 0.2) is 0 Å². The van der Waals surface area contributed by atoms with Crippen molar-refractivity contribution in [2.45, 2.75) is 38.1 Å². The van der Waals surface area contributed by atoms with Gasteiger partial charge < -0.3 is 5.32 Å². The minimum absolute atomic E-state index is 0.373. The van der Waals surface area contributed by atoms with E-state index in [4.69, 9.17) is 0 Å². The first-order chi connectivity index (χ1) is 5.38. The molecule has 1 N–H and O–H groups in total. The summed E-state index contributed by atoms with van der Waals surface area (Å²) in [5, 5.41) is 3.43. The van der Waals surface area contributed by atoms with Crippen LogP contribution in [0.2, 0.25) is 0 Å². The average molecular weight is 153 g/mol. The van der Waals surface area contributed by atoms with Gasteiger partial charge in [-0.25, -0.2) is 0 Å². The fraction of sp³-hybridized carbons (Fsp3) is 0.889. The highest BCUT2D eigenvalue weighted by Crippen LogP contribution is 2.27. The summed E-state index contributed by atoms with van der Waals surface area (Å²) in [5.41, 5.74) is 0. The average Bonchev–Trinajstić information content (AvgIpc) is 2.06. The van der Waals surface area contributed by atoms with Crippen LogP contribution in [0.1, 0.15) is 32.1 Å². The minimum atomic E-state index is 0.373. The molecule has 62 valence electrons. The Morgan fingerprint density at radius 1 is 1.27 bits per heavy atom. The number of rotatable bonds is 0. The largest absolute Gasteiger partial charge is 0.313 e. The molecule has 0 spiro atoms. The summed E-state index contributed by atoms with van der Waals surface area (Å²) in [6.45, 7) is 0.917. The summed E-state index contributed by atoms with van der Waals surface area (Å²) in [6.07, 6.45) is 5.68. The first kappa shape index (κ1) is 7.29. The number of piperidine rings is 1. The lowest BCUT2D eigenvalue weighted by Crippen LogP contribution is -2.47. The number of carbonyl (C=O) groups is 1. The lowest BCUT2D eigenvalue weighted by Gasteiger charge is -2.34. The van der Waals surface area contributed by atoms with E-state index in [1.807, 2.05) is 0 Å². The SMILES string of the molecule is O=C1CCN[C@@H]2CCCC[C@H]12. The molecule has 0 amide bonds. The molecule has 0 bridgehead atoms. The van der Waals surface area contributed by atoms with Crippen molar-refractivity contribution in [2.24, 2.45) is 5.92 Å². The summed E-state index contributed by atoms with van der Waals surface area (Å²) in [4.78, 5) is 11.4. The van der Waals surface area contributed by atoms with Crippen molar-refractivity contribution >= 4 is 5.78 Å². The Morgan fingerprint density at radius 2 is 2.09 bits per heavy atom. The van der Waals surface area contributed by atoms with E-state index in [-0.39, 0.29) is 0 Å². The van der Waals surface area contributed by atoms with Gasteiger partial charge in [0.1, 0.15) is 5.78 Å². The second kappa shape index (κ2) is 2.94. The standard InChI is InChI=1S/C9H15NO/c11-9-5-6-10-8-4-2-1-3-7(8)9/h7-8,10H,1-6H2/t7-,8+/m0/s1. The van der Waals surface area contributed by atoms with E-state index in [0.717, 1.165) is 19.4 Å². The van der Waals surface area contributed by atoms with Crippen molar-refractivity contribution < 1.29 is 4.79 Å². The van der Waals surface area contributed by atoms with Crippen LogP contribution in [0.15, 0.2) is 0 Å². The molecule has 1 aliphatic carbocycles. The summed E-state index contributed by atoms with van der Waals surface area (Å²) in [5.74, 6) is 0.881. The first-order valence-electron chi connectivity index (χ1n) is 4.64. The highest BCUT2D eigenvalue weighted by Gasteiger charge is 2.32. The number of hydrogen-bond donors (Lipinski definition) is 1. The molecule has 0 aromatic rings. The van der Waals surface area contributed by atoms with E-state index in [1.54, 1.807) is 0 Å². The van der Waals surface area contributed by atoms with Crippen LogP contribution in [0.4, 0.5) is 0 Å². The molecule has 1 aliphatic heterocycles. The van der Waals surface area contributed by atoms with Crippen molar-refractivity contribution in [3.05, 3.63) is 0 Å². The monoisotopic (exact) mass is 153 g/mol. The Morgan fingerprint density at radius 3 is 2.91 bits per heavy atom. The van der Waals surface area contributed by atoms with Gasteiger partial charge in [-0.3, -0.25) is 4.79 Å². The molecule has 2 heteroatoms. The first-order valence-corrected chi connectivity index (χ1v) is 4.64. The number of hydrogen-bond acceptors (Lipinski definition) is 2. The van der Waals surface area contributed by atoms with E-state index in [9.17, 15) is 4.79 Å². The van der Waals surface area contributed by atoms with Gasteiger partial charge in [0.25, 0.3) is 0 Å². The van der Waals surface area contributed by atoms with E-state index >= 15 is 0 Å². The summed E-state index contributed by atoms with van der Waals surface area (Å²) < 4.78 is 0. The quantitative estimate of drug-likeness (QED) is 0.564. The number of Topliss-reactive ketones (excluding diaryl/α,β-unsaturated/α-hetero) is 1. The maximum Gasteiger partial charge on any atom is 0.138 e. The van der Waals surface area contributed by atoms with Crippen molar-refractivity contribution in [2.75, 3.05) is 6.54 Å². The fourth-order valence-electron chi connectivity index (χ4n) is 2.33. The third-order valence-corrected chi connectivity index (χ3v) is 2.96. The summed E-state index contributed by atoms with van der Waals surface area (Å²) in [6, 6.07) is 0.532. The van der Waals surface area contributed by atoms with E-state index in [0.29, 0.717) is 17.7 Å². The van der Waals surface area contributed by atoms with Crippen LogP contribution in [0, 0.1) is 5.92 Å². The second-order valence-corrected chi connectivity index (χ2v) is 3.67. The molecular weight excluding hydrogens is 138 g/mol. The third-order valence-electron chi connectivity index (χ3n) is 2.96. The zero-order chi connectivity index (χ0) is 7.68. The minimum Gasteiger partial charge on any atom is -0.313 e. The Bertz CT molecular complexity index is 165. The molecule has 0 radical (unpaired) electrons. The second-order valence-electron chi connectivity index (χ2n) is 3.67. The molecule has 2 aliphatic rings. The van der Waals surface area contributed by atoms with Gasteiger partial charge in [-0.2, -0.15) is 0 Å². The molecule has 1 saturated heterocycles. The van der Waals surface area contributed by atoms with Crippen LogP contribution in [-0.2, 0) is 4.79 Å². The Hall–Kier alpha value is -0.370. The summed E-state index contributed by atoms with van der Waals surface area (Å²) >= 11 is 0. The molecule has 2 fully saturated rings. The molecular formula is C9H15NO. The number of ketones is 1. The fourth-order valence-corrected chi connectivity index (χ4v) is 2.33. The normalized spacial score (nSPS) is 38.4. The van der Waals surface area contributed by atoms with Crippen LogP contribution in [0.25, 0.3) is 0 Å². The van der Waals surface area contributed by atoms with Crippen molar-refractivity contribution in [3.8, 4) is 0 Å². The van der Waals surface area contributed by atoms with E-state index < -0.39 is 0 Å². The van der Waals surface area contributed by atoms with Crippen molar-refractivity contribution in [1.29, 1.82) is 0 Å². The predicted octanol–water partition coefficient (Wildman–Crippen LogP) is 1.11. The molecule has 2 rings (SSSR count). The molecule has 0 aromatic carbocycles. The third kappa shape index (κ3) is 1.32. The van der Waals surface area contributed by atoms with Gasteiger partial charge >= 0.3 is 0 Å². The smallest absolute Gasteiger partial charge is 0.138 e. The number of fused-ring (bicyclic) bond motifs is 1. The van der Waals surface area contributed by atoms with Crippen LogP contribution in [0.3, 0.4) is 0 Å². The molecule has 0 aromatic heterocycles. The van der Waals surface area contributed by atoms with Gasteiger partial charge in [0.05, 0.1) is 0 Å². The maximum absolute atomic E-state index is 11.4. The molecule has 2 atom stereocenters. The zero-order valence-corrected chi connectivity index (χ0v) is 6.81. The summed E-state index contributed by atoms with van der Waals surface area (Å²) in [7, 11) is 0. The molecule has 0 unspecified atom stereocenters. The topological polar surface area (TPSA) is 29.1 Å². The highest BCUT2D eigenvalue weighted by atomic mass is 16.1. The Labute approximate surface area is 67.4 Å². The maximum atomic E-state index is 11.4. The Kier molecular flexibility index (Phi) is 1.95. The van der Waals surface area contributed by atoms with Gasteiger partial charge in [-0.05, 0) is 12.8 Å². The van der Waals surface area contributed by atoms with Gasteiger partial charge in [0, 0.05) is 24.9 Å². The van der Waals surface area contributed by atoms with Gasteiger partial charge in [-0.15, -0.1) is 0 Å². The molecule has 11 heavy (non-hydrogen) atoms.